The number of phenols is 1. The van der Waals surface area contributed by atoms with Crippen molar-refractivity contribution in [3.8, 4) is 5.75 Å². The Balaban J connectivity index is 2.42. The van der Waals surface area contributed by atoms with Crippen LogP contribution < -0.4 is 0 Å². The van der Waals surface area contributed by atoms with E-state index >= 15 is 0 Å². The highest BCUT2D eigenvalue weighted by Gasteiger charge is 2.07. The second-order valence-corrected chi connectivity index (χ2v) is 7.53. The lowest BCUT2D eigenvalue weighted by Crippen LogP contribution is -2.01. The Labute approximate surface area is 164 Å². The highest BCUT2D eigenvalue weighted by Crippen LogP contribution is 2.20. The lowest BCUT2D eigenvalue weighted by atomic mass is 10.0. The average Bonchev–Trinajstić information content (AvgIpc) is 2.57. The summed E-state index contributed by atoms with van der Waals surface area (Å²) in [5, 5.41) is 18.6. The molecule has 1 aromatic carbocycles. The van der Waals surface area contributed by atoms with E-state index in [2.05, 4.69) is 45.9 Å². The number of aromatic hydroxyl groups is 1. The van der Waals surface area contributed by atoms with E-state index in [-0.39, 0.29) is 12.2 Å². The van der Waals surface area contributed by atoms with Gasteiger partial charge in [-0.25, -0.2) is 0 Å². The molecule has 0 aliphatic carbocycles. The van der Waals surface area contributed by atoms with Gasteiger partial charge < -0.3 is 10.2 Å². The molecule has 0 saturated carbocycles. The van der Waals surface area contributed by atoms with Crippen molar-refractivity contribution in [2.75, 3.05) is 0 Å². The zero-order chi connectivity index (χ0) is 20.2. The maximum absolute atomic E-state index is 10.8. The van der Waals surface area contributed by atoms with Gasteiger partial charge in [0.25, 0.3) is 0 Å². The van der Waals surface area contributed by atoms with E-state index in [1.54, 1.807) is 12.1 Å². The lowest BCUT2D eigenvalue weighted by Gasteiger charge is -2.06. The van der Waals surface area contributed by atoms with Gasteiger partial charge in [0.15, 0.2) is 0 Å². The zero-order valence-corrected chi connectivity index (χ0v) is 17.2. The van der Waals surface area contributed by atoms with E-state index in [1.165, 1.54) is 16.7 Å². The van der Waals surface area contributed by atoms with Crippen molar-refractivity contribution in [3.63, 3.8) is 0 Å². The third-order valence-electron chi connectivity index (χ3n) is 4.53. The smallest absolute Gasteiger partial charge is 0.307 e. The lowest BCUT2D eigenvalue weighted by molar-refractivity contribution is -0.136. The highest BCUT2D eigenvalue weighted by atomic mass is 16.4. The molecule has 1 aromatic rings. The first-order valence-electron chi connectivity index (χ1n) is 9.75. The van der Waals surface area contributed by atoms with Crippen molar-refractivity contribution in [2.24, 2.45) is 0 Å². The normalized spacial score (nSPS) is 12.1. The van der Waals surface area contributed by atoms with Gasteiger partial charge >= 0.3 is 5.97 Å². The first kappa shape index (κ1) is 22.8. The molecule has 0 heterocycles. The van der Waals surface area contributed by atoms with Crippen molar-refractivity contribution in [3.05, 3.63) is 64.3 Å². The Morgan fingerprint density at radius 2 is 1.52 bits per heavy atom. The van der Waals surface area contributed by atoms with Gasteiger partial charge in [0.2, 0.25) is 0 Å². The van der Waals surface area contributed by atoms with Gasteiger partial charge in [0.1, 0.15) is 5.75 Å². The van der Waals surface area contributed by atoms with E-state index in [0.717, 1.165) is 44.1 Å². The minimum atomic E-state index is -0.928. The first-order chi connectivity index (χ1) is 12.8. The van der Waals surface area contributed by atoms with Gasteiger partial charge in [0.05, 0.1) is 6.42 Å². The fourth-order valence-corrected chi connectivity index (χ4v) is 2.92. The molecule has 0 unspecified atom stereocenters. The van der Waals surface area contributed by atoms with Crippen LogP contribution in [0.3, 0.4) is 0 Å². The van der Waals surface area contributed by atoms with Crippen LogP contribution in [-0.2, 0) is 17.6 Å². The molecule has 27 heavy (non-hydrogen) atoms. The van der Waals surface area contributed by atoms with Crippen molar-refractivity contribution >= 4 is 5.97 Å². The maximum atomic E-state index is 10.8. The summed E-state index contributed by atoms with van der Waals surface area (Å²) in [4.78, 5) is 10.8. The molecule has 2 N–H and O–H groups in total. The quantitative estimate of drug-likeness (QED) is 0.445. The fraction of sp³-hybridized carbons (Fsp3) is 0.458. The van der Waals surface area contributed by atoms with Crippen LogP contribution in [0.25, 0.3) is 0 Å². The standard InChI is InChI=1S/C24H34O3/c1-18(2)8-5-9-19(3)10-6-11-20(4)12-7-13-21-14-15-23(25)22(16-21)17-24(26)27/h8,10,12,14-16,25H,5-7,9,11,13,17H2,1-4H3,(H,26,27). The number of carboxylic acids is 1. The second-order valence-electron chi connectivity index (χ2n) is 7.53. The van der Waals surface area contributed by atoms with E-state index < -0.39 is 5.97 Å². The van der Waals surface area contributed by atoms with E-state index in [9.17, 15) is 9.90 Å². The molecule has 0 bridgehead atoms. The number of aryl methyl sites for hydroxylation is 1. The Morgan fingerprint density at radius 1 is 0.926 bits per heavy atom. The maximum Gasteiger partial charge on any atom is 0.307 e. The second kappa shape index (κ2) is 12.2. The zero-order valence-electron chi connectivity index (χ0n) is 17.2. The first-order valence-corrected chi connectivity index (χ1v) is 9.75. The minimum absolute atomic E-state index is 0.0552. The number of carbonyl (C=O) groups is 1. The van der Waals surface area contributed by atoms with Crippen molar-refractivity contribution in [1.82, 2.24) is 0 Å². The van der Waals surface area contributed by atoms with Gasteiger partial charge in [0, 0.05) is 5.56 Å². The largest absolute Gasteiger partial charge is 0.508 e. The minimum Gasteiger partial charge on any atom is -0.508 e. The summed E-state index contributed by atoms with van der Waals surface area (Å²) in [6.07, 6.45) is 12.9. The number of carboxylic acid groups (broad SMARTS) is 1. The number of aliphatic carboxylic acids is 1. The van der Waals surface area contributed by atoms with E-state index in [0.29, 0.717) is 5.56 Å². The van der Waals surface area contributed by atoms with Crippen LogP contribution in [0.15, 0.2) is 53.1 Å². The number of allylic oxidation sites excluding steroid dienone is 6. The molecule has 3 heteroatoms. The third kappa shape index (κ3) is 10.4. The average molecular weight is 371 g/mol. The van der Waals surface area contributed by atoms with Crippen LogP contribution in [0.5, 0.6) is 5.75 Å². The molecule has 1 rings (SSSR count). The van der Waals surface area contributed by atoms with Gasteiger partial charge in [-0.3, -0.25) is 4.79 Å². The summed E-state index contributed by atoms with van der Waals surface area (Å²) in [5.74, 6) is -0.873. The predicted molar refractivity (Wildman–Crippen MR) is 113 cm³/mol. The molecule has 0 saturated heterocycles. The van der Waals surface area contributed by atoms with E-state index in [4.69, 9.17) is 5.11 Å². The van der Waals surface area contributed by atoms with Crippen LogP contribution in [0.1, 0.15) is 70.9 Å². The molecule has 3 nitrogen and oxygen atoms in total. The van der Waals surface area contributed by atoms with Crippen LogP contribution >= 0.6 is 0 Å². The molecule has 0 aromatic heterocycles. The Hall–Kier alpha value is -2.29. The molecule has 0 atom stereocenters. The van der Waals surface area contributed by atoms with Gasteiger partial charge in [-0.2, -0.15) is 0 Å². The summed E-state index contributed by atoms with van der Waals surface area (Å²) in [6.45, 7) is 8.65. The number of hydrogen-bond acceptors (Lipinski definition) is 2. The molecule has 0 radical (unpaired) electrons. The summed E-state index contributed by atoms with van der Waals surface area (Å²) < 4.78 is 0. The third-order valence-corrected chi connectivity index (χ3v) is 4.53. The van der Waals surface area contributed by atoms with Crippen LogP contribution in [0.4, 0.5) is 0 Å². The Morgan fingerprint density at radius 3 is 2.11 bits per heavy atom. The highest BCUT2D eigenvalue weighted by molar-refractivity contribution is 5.71. The summed E-state index contributed by atoms with van der Waals surface area (Å²) >= 11 is 0. The van der Waals surface area contributed by atoms with Crippen molar-refractivity contribution in [1.29, 1.82) is 0 Å². The molecular weight excluding hydrogens is 336 g/mol. The van der Waals surface area contributed by atoms with Crippen molar-refractivity contribution in [2.45, 2.75) is 72.6 Å². The van der Waals surface area contributed by atoms with Crippen molar-refractivity contribution < 1.29 is 15.0 Å². The summed E-state index contributed by atoms with van der Waals surface area (Å²) in [6, 6.07) is 5.25. The van der Waals surface area contributed by atoms with Gasteiger partial charge in [-0.1, -0.05) is 47.1 Å². The number of phenolic OH excluding ortho intramolecular Hbond substituents is 1. The Kier molecular flexibility index (Phi) is 10.2. The number of benzene rings is 1. The monoisotopic (exact) mass is 370 g/mol. The number of hydrogen-bond donors (Lipinski definition) is 2. The molecular formula is C24H34O3. The van der Waals surface area contributed by atoms with Crippen LogP contribution in [0, 0.1) is 0 Å². The molecule has 0 aliphatic heterocycles. The molecule has 0 aliphatic rings. The molecule has 0 fully saturated rings. The fourth-order valence-electron chi connectivity index (χ4n) is 2.92. The number of rotatable bonds is 11. The van der Waals surface area contributed by atoms with Gasteiger partial charge in [-0.15, -0.1) is 0 Å². The van der Waals surface area contributed by atoms with Crippen LogP contribution in [0.2, 0.25) is 0 Å². The molecule has 0 amide bonds. The SMILES string of the molecule is CC(C)=CCCC(C)=CCCC(C)=CCCc1ccc(O)c(CC(=O)O)c1. The molecule has 0 spiro atoms. The van der Waals surface area contributed by atoms with Gasteiger partial charge in [-0.05, 0) is 77.8 Å². The van der Waals surface area contributed by atoms with Crippen LogP contribution in [-0.4, -0.2) is 16.2 Å². The topological polar surface area (TPSA) is 57.5 Å². The predicted octanol–water partition coefficient (Wildman–Crippen LogP) is 6.37. The van der Waals surface area contributed by atoms with E-state index in [1.807, 2.05) is 6.07 Å². The summed E-state index contributed by atoms with van der Waals surface area (Å²) in [7, 11) is 0. The summed E-state index contributed by atoms with van der Waals surface area (Å²) in [5.41, 5.74) is 5.76. The Bertz CT molecular complexity index is 704. The molecule has 148 valence electrons.